The number of aromatic nitrogens is 2. The third kappa shape index (κ3) is 14.7. The van der Waals surface area contributed by atoms with E-state index in [0.29, 0.717) is 5.13 Å². The Balaban J connectivity index is 2.45. The molecule has 1 heterocycles. The zero-order chi connectivity index (χ0) is 22.6. The minimum Gasteiger partial charge on any atom is -0.289 e. The first-order valence-electron chi connectivity index (χ1n) is 11.4. The summed E-state index contributed by atoms with van der Waals surface area (Å²) < 4.78 is 0.886. The highest BCUT2D eigenvalue weighted by Crippen LogP contribution is 2.30. The Kier molecular flexibility index (Phi) is 16.4. The number of amides is 1. The van der Waals surface area contributed by atoms with Crippen LogP contribution in [0.5, 0.6) is 0 Å². The van der Waals surface area contributed by atoms with Crippen LogP contribution in [0.3, 0.4) is 0 Å². The number of nitrogens with zero attached hydrogens (tertiary/aromatic N) is 2. The number of hydrogen-bond acceptors (Lipinski definition) is 5. The largest absolute Gasteiger partial charge is 0.303 e. The highest BCUT2D eigenvalue weighted by atomic mass is 32.2. The summed E-state index contributed by atoms with van der Waals surface area (Å²) in [6.45, 7) is 4.52. The van der Waals surface area contributed by atoms with Gasteiger partial charge in [-0.05, 0) is 42.4 Å². The van der Waals surface area contributed by atoms with Crippen molar-refractivity contribution in [2.24, 2.45) is 5.92 Å². The van der Waals surface area contributed by atoms with E-state index < -0.39 is 5.91 Å². The molecule has 0 spiro atoms. The number of carbonyl (C=O) groups excluding carboxylic acids is 1. The molecule has 1 N–H and O–H groups in total. The number of rotatable bonds is 16. The van der Waals surface area contributed by atoms with E-state index in [-0.39, 0.29) is 0 Å². The summed E-state index contributed by atoms with van der Waals surface area (Å²) in [5, 5.41) is 11.3. The fraction of sp³-hybridized carbons (Fsp3) is 0.640. The van der Waals surface area contributed by atoms with Gasteiger partial charge in [-0.2, -0.15) is 0 Å². The van der Waals surface area contributed by atoms with Crippen LogP contribution in [0.1, 0.15) is 90.9 Å². The molecule has 4 nitrogen and oxygen atoms in total. The maximum absolute atomic E-state index is 11.8. The second kappa shape index (κ2) is 18.8. The molecule has 1 aromatic rings. The first-order valence-corrected chi connectivity index (χ1v) is 13.2. The standard InChI is InChI=1S/C25H35N3OS2/c1-4-7-10-13-14-16-19-22(18-15-11-8-5-2)21-30-25-28-27-24(31-25)26-23(29)20-17-12-9-6-3/h3,22H,4-5,7-8,10-11,13-16,18-19,21H2,1-2H3,(H,26,27,29). The second-order valence-electron chi connectivity index (χ2n) is 7.55. The van der Waals surface area contributed by atoms with Gasteiger partial charge >= 0.3 is 5.91 Å². The number of terminal acetylenes is 1. The van der Waals surface area contributed by atoms with Gasteiger partial charge in [0.25, 0.3) is 0 Å². The predicted molar refractivity (Wildman–Crippen MR) is 134 cm³/mol. The molecule has 0 bridgehead atoms. The normalized spacial score (nSPS) is 10.9. The molecule has 0 aliphatic rings. The minimum atomic E-state index is -0.462. The molecule has 1 amide bonds. The van der Waals surface area contributed by atoms with Crippen molar-refractivity contribution in [3.63, 3.8) is 0 Å². The minimum absolute atomic E-state index is 0.460. The van der Waals surface area contributed by atoms with E-state index in [0.717, 1.165) is 16.0 Å². The SMILES string of the molecule is C#CC#CC#CC(=O)Nc1nnc(SCC(CCCCCC)CCCCCCCC)s1. The van der Waals surface area contributed by atoms with E-state index in [9.17, 15) is 4.79 Å². The van der Waals surface area contributed by atoms with Gasteiger partial charge in [0.2, 0.25) is 5.13 Å². The van der Waals surface area contributed by atoms with Crippen LogP contribution in [0.2, 0.25) is 0 Å². The average molecular weight is 458 g/mol. The smallest absolute Gasteiger partial charge is 0.289 e. The first-order chi connectivity index (χ1) is 15.2. The van der Waals surface area contributed by atoms with Crippen molar-refractivity contribution in [2.45, 2.75) is 95.2 Å². The quantitative estimate of drug-likeness (QED) is 0.132. The van der Waals surface area contributed by atoms with E-state index in [4.69, 9.17) is 6.42 Å². The molecule has 0 aromatic carbocycles. The lowest BCUT2D eigenvalue weighted by Crippen LogP contribution is -2.07. The molecule has 0 radical (unpaired) electrons. The molecule has 0 aliphatic heterocycles. The molecule has 1 atom stereocenters. The van der Waals surface area contributed by atoms with E-state index in [2.05, 4.69) is 59.0 Å². The lowest BCUT2D eigenvalue weighted by atomic mass is 9.96. The fourth-order valence-corrected chi connectivity index (χ4v) is 5.13. The van der Waals surface area contributed by atoms with Crippen LogP contribution >= 0.6 is 23.1 Å². The van der Waals surface area contributed by atoms with Gasteiger partial charge in [0.1, 0.15) is 0 Å². The van der Waals surface area contributed by atoms with Gasteiger partial charge < -0.3 is 0 Å². The molecular weight excluding hydrogens is 422 g/mol. The molecule has 1 rings (SSSR count). The molecule has 1 unspecified atom stereocenters. The van der Waals surface area contributed by atoms with Gasteiger partial charge in [0.05, 0.1) is 0 Å². The van der Waals surface area contributed by atoms with E-state index in [1.54, 1.807) is 11.8 Å². The number of carbonyl (C=O) groups is 1. The monoisotopic (exact) mass is 457 g/mol. The Labute approximate surface area is 197 Å². The van der Waals surface area contributed by atoms with Gasteiger partial charge in [-0.3, -0.25) is 10.1 Å². The van der Waals surface area contributed by atoms with Gasteiger partial charge in [-0.25, -0.2) is 0 Å². The molecule has 31 heavy (non-hydrogen) atoms. The Morgan fingerprint density at radius 2 is 1.61 bits per heavy atom. The number of unbranched alkanes of at least 4 members (excludes halogenated alkanes) is 8. The number of hydrogen-bond donors (Lipinski definition) is 1. The number of nitrogens with one attached hydrogen (secondary N) is 1. The Morgan fingerprint density at radius 1 is 0.968 bits per heavy atom. The highest BCUT2D eigenvalue weighted by molar-refractivity contribution is 8.01. The van der Waals surface area contributed by atoms with Crippen molar-refractivity contribution < 1.29 is 4.79 Å². The maximum atomic E-state index is 11.8. The molecule has 0 aliphatic carbocycles. The van der Waals surface area contributed by atoms with Gasteiger partial charge in [-0.1, -0.05) is 101 Å². The van der Waals surface area contributed by atoms with Crippen LogP contribution in [-0.2, 0) is 4.79 Å². The predicted octanol–water partition coefficient (Wildman–Crippen LogP) is 6.55. The highest BCUT2D eigenvalue weighted by Gasteiger charge is 2.13. The third-order valence-corrected chi connectivity index (χ3v) is 7.08. The zero-order valence-corrected chi connectivity index (χ0v) is 20.6. The van der Waals surface area contributed by atoms with Crippen LogP contribution in [0, 0.1) is 41.9 Å². The van der Waals surface area contributed by atoms with Crippen LogP contribution in [-0.4, -0.2) is 21.9 Å². The molecule has 1 aromatic heterocycles. The Morgan fingerprint density at radius 3 is 2.29 bits per heavy atom. The molecular formula is C25H35N3OS2. The Bertz CT molecular complexity index is 789. The maximum Gasteiger partial charge on any atom is 0.303 e. The summed E-state index contributed by atoms with van der Waals surface area (Å²) in [6.07, 6.45) is 20.9. The summed E-state index contributed by atoms with van der Waals surface area (Å²) in [4.78, 5) is 11.8. The Hall–Kier alpha value is -1.94. The van der Waals surface area contributed by atoms with Crippen molar-refractivity contribution in [3.8, 4) is 36.0 Å². The van der Waals surface area contributed by atoms with Crippen molar-refractivity contribution in [1.29, 1.82) is 0 Å². The van der Waals surface area contributed by atoms with Crippen LogP contribution in [0.25, 0.3) is 0 Å². The number of anilines is 1. The average Bonchev–Trinajstić information content (AvgIpc) is 3.21. The van der Waals surface area contributed by atoms with Crippen molar-refractivity contribution >= 4 is 34.1 Å². The summed E-state index contributed by atoms with van der Waals surface area (Å²) in [6, 6.07) is 0. The van der Waals surface area contributed by atoms with Crippen molar-refractivity contribution in [3.05, 3.63) is 0 Å². The molecule has 6 heteroatoms. The van der Waals surface area contributed by atoms with Gasteiger partial charge in [-0.15, -0.1) is 16.6 Å². The third-order valence-electron chi connectivity index (χ3n) is 4.87. The molecule has 0 saturated carbocycles. The first kappa shape index (κ1) is 27.1. The van der Waals surface area contributed by atoms with Crippen molar-refractivity contribution in [1.82, 2.24) is 10.2 Å². The van der Waals surface area contributed by atoms with E-state index >= 15 is 0 Å². The number of thioether (sulfide) groups is 1. The lowest BCUT2D eigenvalue weighted by Gasteiger charge is -2.15. The van der Waals surface area contributed by atoms with Crippen LogP contribution in [0.15, 0.2) is 4.34 Å². The van der Waals surface area contributed by atoms with Crippen molar-refractivity contribution in [2.75, 3.05) is 11.1 Å². The van der Waals surface area contributed by atoms with Gasteiger partial charge in [0, 0.05) is 11.7 Å². The fourth-order valence-electron chi connectivity index (χ4n) is 3.18. The molecule has 0 fully saturated rings. The molecule has 0 saturated heterocycles. The van der Waals surface area contributed by atoms with Crippen LogP contribution < -0.4 is 5.32 Å². The summed E-state index contributed by atoms with van der Waals surface area (Å²) in [5.41, 5.74) is 0. The van der Waals surface area contributed by atoms with Crippen LogP contribution in [0.4, 0.5) is 5.13 Å². The summed E-state index contributed by atoms with van der Waals surface area (Å²) in [5.74, 6) is 13.0. The second-order valence-corrected chi connectivity index (χ2v) is 9.80. The zero-order valence-electron chi connectivity index (χ0n) is 19.0. The topological polar surface area (TPSA) is 54.9 Å². The van der Waals surface area contributed by atoms with E-state index in [1.165, 1.54) is 88.4 Å². The lowest BCUT2D eigenvalue weighted by molar-refractivity contribution is -0.111. The summed E-state index contributed by atoms with van der Waals surface area (Å²) in [7, 11) is 0. The summed E-state index contributed by atoms with van der Waals surface area (Å²) >= 11 is 3.14. The molecule has 168 valence electrons. The van der Waals surface area contributed by atoms with E-state index in [1.807, 2.05) is 0 Å². The van der Waals surface area contributed by atoms with Gasteiger partial charge in [0.15, 0.2) is 4.34 Å².